The van der Waals surface area contributed by atoms with Crippen molar-refractivity contribution in [2.75, 3.05) is 5.32 Å². The summed E-state index contributed by atoms with van der Waals surface area (Å²) < 4.78 is 0. The highest BCUT2D eigenvalue weighted by Gasteiger charge is 2.20. The lowest BCUT2D eigenvalue weighted by Gasteiger charge is -2.24. The molecule has 2 N–H and O–H groups in total. The minimum absolute atomic E-state index is 0.00137. The minimum atomic E-state index is -0.419. The van der Waals surface area contributed by atoms with Gasteiger partial charge in [0.1, 0.15) is 0 Å². The number of benzene rings is 3. The molecule has 0 spiro atoms. The number of amides is 1. The normalized spacial score (nSPS) is 11.8. The van der Waals surface area contributed by atoms with Crippen LogP contribution in [0.5, 0.6) is 0 Å². The van der Waals surface area contributed by atoms with Crippen LogP contribution in [-0.4, -0.2) is 17.7 Å². The van der Waals surface area contributed by atoms with E-state index in [2.05, 4.69) is 34.9 Å². The molecule has 0 heterocycles. The van der Waals surface area contributed by atoms with Gasteiger partial charge in [-0.3, -0.25) is 14.9 Å². The van der Waals surface area contributed by atoms with Crippen LogP contribution in [0.2, 0.25) is 0 Å². The largest absolute Gasteiger partial charge is 0.325 e. The van der Waals surface area contributed by atoms with E-state index in [9.17, 15) is 9.59 Å². The SMILES string of the molecule is CC(=O)c1ccc(NC(=O)[C@@H](C)NC(c2ccccc2)c2ccccc2)cc1. The smallest absolute Gasteiger partial charge is 0.241 e. The molecule has 142 valence electrons. The zero-order valence-electron chi connectivity index (χ0n) is 16.1. The fourth-order valence-electron chi connectivity index (χ4n) is 3.04. The molecule has 3 aromatic carbocycles. The molecule has 0 saturated heterocycles. The summed E-state index contributed by atoms with van der Waals surface area (Å²) in [6.45, 7) is 3.37. The maximum absolute atomic E-state index is 12.7. The molecule has 0 aliphatic heterocycles. The average molecular weight is 372 g/mol. The van der Waals surface area contributed by atoms with Gasteiger partial charge in [-0.2, -0.15) is 0 Å². The second-order valence-corrected chi connectivity index (χ2v) is 6.77. The molecular formula is C24H24N2O2. The van der Waals surface area contributed by atoms with Crippen molar-refractivity contribution < 1.29 is 9.59 Å². The first-order chi connectivity index (χ1) is 13.5. The number of anilines is 1. The lowest BCUT2D eigenvalue weighted by molar-refractivity contribution is -0.117. The Morgan fingerprint density at radius 2 is 1.25 bits per heavy atom. The van der Waals surface area contributed by atoms with Crippen LogP contribution in [0.4, 0.5) is 5.69 Å². The highest BCUT2D eigenvalue weighted by molar-refractivity contribution is 5.97. The Hall–Kier alpha value is -3.24. The number of hydrogen-bond acceptors (Lipinski definition) is 3. The first kappa shape index (κ1) is 19.5. The fraction of sp³-hybridized carbons (Fsp3) is 0.167. The van der Waals surface area contributed by atoms with E-state index in [1.54, 1.807) is 24.3 Å². The number of nitrogens with one attached hydrogen (secondary N) is 2. The van der Waals surface area contributed by atoms with Crippen molar-refractivity contribution >= 4 is 17.4 Å². The van der Waals surface area contributed by atoms with Gasteiger partial charge < -0.3 is 5.32 Å². The van der Waals surface area contributed by atoms with Gasteiger partial charge in [-0.15, -0.1) is 0 Å². The van der Waals surface area contributed by atoms with E-state index in [1.807, 2.05) is 43.3 Å². The van der Waals surface area contributed by atoms with Gasteiger partial charge in [0, 0.05) is 11.3 Å². The zero-order chi connectivity index (χ0) is 19.9. The Kier molecular flexibility index (Phi) is 6.35. The molecule has 0 radical (unpaired) electrons. The van der Waals surface area contributed by atoms with Crippen LogP contribution in [0.25, 0.3) is 0 Å². The van der Waals surface area contributed by atoms with Gasteiger partial charge in [-0.1, -0.05) is 60.7 Å². The number of hydrogen-bond donors (Lipinski definition) is 2. The van der Waals surface area contributed by atoms with Crippen LogP contribution < -0.4 is 10.6 Å². The first-order valence-electron chi connectivity index (χ1n) is 9.32. The molecule has 4 heteroatoms. The number of rotatable bonds is 7. The topological polar surface area (TPSA) is 58.2 Å². The zero-order valence-corrected chi connectivity index (χ0v) is 16.1. The molecule has 0 fully saturated rings. The summed E-state index contributed by atoms with van der Waals surface area (Å²) in [5.41, 5.74) is 3.48. The monoisotopic (exact) mass is 372 g/mol. The van der Waals surface area contributed by atoms with Crippen molar-refractivity contribution in [1.82, 2.24) is 5.32 Å². The number of carbonyl (C=O) groups is 2. The van der Waals surface area contributed by atoms with Gasteiger partial charge in [-0.25, -0.2) is 0 Å². The summed E-state index contributed by atoms with van der Waals surface area (Å²) in [4.78, 5) is 24.1. The molecule has 0 aliphatic rings. The van der Waals surface area contributed by atoms with E-state index in [-0.39, 0.29) is 17.7 Å². The third-order valence-electron chi connectivity index (χ3n) is 4.63. The van der Waals surface area contributed by atoms with Gasteiger partial charge in [-0.05, 0) is 49.2 Å². The van der Waals surface area contributed by atoms with Crippen molar-refractivity contribution in [3.05, 3.63) is 102 Å². The molecular weight excluding hydrogens is 348 g/mol. The fourth-order valence-corrected chi connectivity index (χ4v) is 3.04. The highest BCUT2D eigenvalue weighted by Crippen LogP contribution is 2.22. The molecule has 1 amide bonds. The van der Waals surface area contributed by atoms with Gasteiger partial charge in [0.15, 0.2) is 5.78 Å². The summed E-state index contributed by atoms with van der Waals surface area (Å²) >= 11 is 0. The Morgan fingerprint density at radius 3 is 1.71 bits per heavy atom. The molecule has 0 aromatic heterocycles. The van der Waals surface area contributed by atoms with E-state index in [4.69, 9.17) is 0 Å². The van der Waals surface area contributed by atoms with Crippen LogP contribution in [0, 0.1) is 0 Å². The number of Topliss-reactive ketones (excluding diaryl/α,β-unsaturated/α-hetero) is 1. The third-order valence-corrected chi connectivity index (χ3v) is 4.63. The van der Waals surface area contributed by atoms with Gasteiger partial charge in [0.05, 0.1) is 12.1 Å². The van der Waals surface area contributed by atoms with Crippen molar-refractivity contribution in [3.8, 4) is 0 Å². The molecule has 1 atom stereocenters. The van der Waals surface area contributed by atoms with E-state index in [0.29, 0.717) is 11.3 Å². The molecule has 28 heavy (non-hydrogen) atoms. The van der Waals surface area contributed by atoms with Crippen molar-refractivity contribution in [2.45, 2.75) is 25.9 Å². The third kappa shape index (κ3) is 4.93. The summed E-state index contributed by atoms with van der Waals surface area (Å²) in [5.74, 6) is -0.131. The highest BCUT2D eigenvalue weighted by atomic mass is 16.2. The van der Waals surface area contributed by atoms with Crippen LogP contribution in [0.1, 0.15) is 41.4 Å². The van der Waals surface area contributed by atoms with Crippen LogP contribution in [0.3, 0.4) is 0 Å². The minimum Gasteiger partial charge on any atom is -0.325 e. The van der Waals surface area contributed by atoms with Crippen LogP contribution >= 0.6 is 0 Å². The Bertz CT molecular complexity index is 882. The summed E-state index contributed by atoms with van der Waals surface area (Å²) in [6.07, 6.45) is 0. The molecule has 0 unspecified atom stereocenters. The molecule has 0 aliphatic carbocycles. The van der Waals surface area contributed by atoms with Crippen molar-refractivity contribution in [2.24, 2.45) is 0 Å². The quantitative estimate of drug-likeness (QED) is 0.596. The number of ketones is 1. The summed E-state index contributed by atoms with van der Waals surface area (Å²) in [7, 11) is 0. The van der Waals surface area contributed by atoms with Crippen molar-refractivity contribution in [3.63, 3.8) is 0 Å². The van der Waals surface area contributed by atoms with Crippen LogP contribution in [0.15, 0.2) is 84.9 Å². The second kappa shape index (κ2) is 9.11. The predicted molar refractivity (Wildman–Crippen MR) is 112 cm³/mol. The molecule has 0 bridgehead atoms. The maximum atomic E-state index is 12.7. The second-order valence-electron chi connectivity index (χ2n) is 6.77. The van der Waals surface area contributed by atoms with E-state index in [0.717, 1.165) is 11.1 Å². The Labute approximate surface area is 165 Å². The molecule has 0 saturated carbocycles. The molecule has 3 rings (SSSR count). The summed E-state index contributed by atoms with van der Waals surface area (Å²) in [6, 6.07) is 26.5. The maximum Gasteiger partial charge on any atom is 0.241 e. The predicted octanol–water partition coefficient (Wildman–Crippen LogP) is 4.60. The average Bonchev–Trinajstić information content (AvgIpc) is 2.73. The van der Waals surface area contributed by atoms with Gasteiger partial charge in [0.25, 0.3) is 0 Å². The van der Waals surface area contributed by atoms with Gasteiger partial charge in [0.2, 0.25) is 5.91 Å². The summed E-state index contributed by atoms with van der Waals surface area (Å²) in [5, 5.41) is 6.34. The standard InChI is InChI=1S/C24H24N2O2/c1-17(24(28)26-22-15-13-19(14-16-22)18(2)27)25-23(20-9-5-3-6-10-20)21-11-7-4-8-12-21/h3-17,23,25H,1-2H3,(H,26,28)/t17-/m1/s1. The molecule has 3 aromatic rings. The van der Waals surface area contributed by atoms with Crippen molar-refractivity contribution in [1.29, 1.82) is 0 Å². The van der Waals surface area contributed by atoms with E-state index in [1.165, 1.54) is 6.92 Å². The Morgan fingerprint density at radius 1 is 0.750 bits per heavy atom. The Balaban J connectivity index is 1.73. The lowest BCUT2D eigenvalue weighted by Crippen LogP contribution is -2.40. The first-order valence-corrected chi connectivity index (χ1v) is 9.32. The lowest BCUT2D eigenvalue weighted by atomic mass is 9.98. The van der Waals surface area contributed by atoms with Gasteiger partial charge >= 0.3 is 0 Å². The van der Waals surface area contributed by atoms with E-state index < -0.39 is 6.04 Å². The molecule has 4 nitrogen and oxygen atoms in total. The van der Waals surface area contributed by atoms with E-state index >= 15 is 0 Å². The van der Waals surface area contributed by atoms with Crippen LogP contribution in [-0.2, 0) is 4.79 Å². The number of carbonyl (C=O) groups excluding carboxylic acids is 2.